The van der Waals surface area contributed by atoms with E-state index in [4.69, 9.17) is 10.9 Å². The first-order valence-electron chi connectivity index (χ1n) is 5.44. The van der Waals surface area contributed by atoms with Gasteiger partial charge in [-0.25, -0.2) is 0 Å². The summed E-state index contributed by atoms with van der Waals surface area (Å²) >= 11 is 1.69. The van der Waals surface area contributed by atoms with Crippen molar-refractivity contribution >= 4 is 17.2 Å². The third-order valence-corrected chi connectivity index (χ3v) is 3.16. The molecule has 94 valence electrons. The monoisotopic (exact) mass is 262 g/mol. The van der Waals surface area contributed by atoms with Crippen molar-refractivity contribution in [1.82, 2.24) is 10.3 Å². The minimum Gasteiger partial charge on any atom is -0.409 e. The van der Waals surface area contributed by atoms with Crippen molar-refractivity contribution in [2.45, 2.75) is 13.1 Å². The van der Waals surface area contributed by atoms with Crippen LogP contribution in [0.1, 0.15) is 16.8 Å². The van der Waals surface area contributed by atoms with Crippen molar-refractivity contribution < 1.29 is 5.21 Å². The predicted octanol–water partition coefficient (Wildman–Crippen LogP) is 1.53. The second-order valence-electron chi connectivity index (χ2n) is 3.77. The van der Waals surface area contributed by atoms with Crippen LogP contribution in [0, 0.1) is 0 Å². The van der Waals surface area contributed by atoms with Gasteiger partial charge in [0.1, 0.15) is 5.69 Å². The second-order valence-corrected chi connectivity index (χ2v) is 4.55. The van der Waals surface area contributed by atoms with Gasteiger partial charge in [-0.05, 0) is 40.1 Å². The maximum Gasteiger partial charge on any atom is 0.188 e. The molecule has 0 radical (unpaired) electrons. The quantitative estimate of drug-likeness (QED) is 0.330. The summed E-state index contributed by atoms with van der Waals surface area (Å²) < 4.78 is 0. The maximum atomic E-state index is 8.59. The standard InChI is InChI=1S/C12H14N4OS/c13-12(16-17)11-5-9(1-3-15-11)6-14-7-10-2-4-18-8-10/h1-5,8,14,17H,6-7H2,(H2,13,16). The highest BCUT2D eigenvalue weighted by Gasteiger charge is 2.02. The van der Waals surface area contributed by atoms with Crippen molar-refractivity contribution in [2.75, 3.05) is 0 Å². The average molecular weight is 262 g/mol. The van der Waals surface area contributed by atoms with Crippen LogP contribution in [0.15, 0.2) is 40.3 Å². The Morgan fingerprint density at radius 1 is 1.39 bits per heavy atom. The lowest BCUT2D eigenvalue weighted by molar-refractivity contribution is 0.318. The fourth-order valence-electron chi connectivity index (χ4n) is 1.52. The lowest BCUT2D eigenvalue weighted by Crippen LogP contribution is -2.17. The number of nitrogens with two attached hydrogens (primary N) is 1. The van der Waals surface area contributed by atoms with Crippen LogP contribution in [-0.4, -0.2) is 16.0 Å². The van der Waals surface area contributed by atoms with Gasteiger partial charge in [0, 0.05) is 19.3 Å². The molecule has 0 aliphatic rings. The summed E-state index contributed by atoms with van der Waals surface area (Å²) in [4.78, 5) is 4.03. The summed E-state index contributed by atoms with van der Waals surface area (Å²) in [5.41, 5.74) is 8.28. The Balaban J connectivity index is 1.93. The van der Waals surface area contributed by atoms with Crippen LogP contribution in [0.25, 0.3) is 0 Å². The molecule has 0 atom stereocenters. The highest BCUT2D eigenvalue weighted by Crippen LogP contribution is 2.06. The number of oxime groups is 1. The fourth-order valence-corrected chi connectivity index (χ4v) is 2.19. The molecule has 0 fully saturated rings. The van der Waals surface area contributed by atoms with E-state index < -0.39 is 0 Å². The summed E-state index contributed by atoms with van der Waals surface area (Å²) in [6.07, 6.45) is 1.65. The number of hydrogen-bond donors (Lipinski definition) is 3. The van der Waals surface area contributed by atoms with Crippen LogP contribution in [-0.2, 0) is 13.1 Å². The maximum absolute atomic E-state index is 8.59. The Morgan fingerprint density at radius 3 is 2.94 bits per heavy atom. The van der Waals surface area contributed by atoms with Gasteiger partial charge in [-0.2, -0.15) is 11.3 Å². The molecule has 0 bridgehead atoms. The zero-order valence-corrected chi connectivity index (χ0v) is 10.5. The van der Waals surface area contributed by atoms with Gasteiger partial charge in [-0.15, -0.1) is 0 Å². The topological polar surface area (TPSA) is 83.5 Å². The fraction of sp³-hybridized carbons (Fsp3) is 0.167. The van der Waals surface area contributed by atoms with E-state index in [2.05, 4.69) is 32.3 Å². The Kier molecular flexibility index (Phi) is 4.27. The zero-order valence-electron chi connectivity index (χ0n) is 9.71. The molecule has 0 aromatic carbocycles. The summed E-state index contributed by atoms with van der Waals surface area (Å²) in [5, 5.41) is 19.0. The van der Waals surface area contributed by atoms with E-state index >= 15 is 0 Å². The van der Waals surface area contributed by atoms with Gasteiger partial charge < -0.3 is 16.3 Å². The van der Waals surface area contributed by atoms with Crippen LogP contribution in [0.2, 0.25) is 0 Å². The molecule has 2 aromatic heterocycles. The average Bonchev–Trinajstić information content (AvgIpc) is 2.91. The number of pyridine rings is 1. The van der Waals surface area contributed by atoms with Crippen molar-refractivity contribution in [3.63, 3.8) is 0 Å². The molecule has 0 saturated heterocycles. The largest absolute Gasteiger partial charge is 0.409 e. The van der Waals surface area contributed by atoms with E-state index in [1.54, 1.807) is 23.6 Å². The SMILES string of the molecule is N/C(=N\O)c1cc(CNCc2ccsc2)ccn1. The molecule has 0 spiro atoms. The van der Waals surface area contributed by atoms with Gasteiger partial charge in [0.25, 0.3) is 0 Å². The molecule has 2 rings (SSSR count). The molecule has 0 saturated carbocycles. The van der Waals surface area contributed by atoms with Crippen molar-refractivity contribution in [1.29, 1.82) is 0 Å². The third kappa shape index (κ3) is 3.28. The van der Waals surface area contributed by atoms with Crippen LogP contribution in [0.4, 0.5) is 0 Å². The molecule has 0 aliphatic carbocycles. The van der Waals surface area contributed by atoms with E-state index in [9.17, 15) is 0 Å². The highest BCUT2D eigenvalue weighted by atomic mass is 32.1. The van der Waals surface area contributed by atoms with Gasteiger partial charge in [-0.3, -0.25) is 4.98 Å². The van der Waals surface area contributed by atoms with Crippen LogP contribution in [0.3, 0.4) is 0 Å². The first kappa shape index (κ1) is 12.5. The summed E-state index contributed by atoms with van der Waals surface area (Å²) in [7, 11) is 0. The molecule has 4 N–H and O–H groups in total. The smallest absolute Gasteiger partial charge is 0.188 e. The molecule has 0 aliphatic heterocycles. The Morgan fingerprint density at radius 2 is 2.22 bits per heavy atom. The highest BCUT2D eigenvalue weighted by molar-refractivity contribution is 7.07. The second kappa shape index (κ2) is 6.13. The number of nitrogens with zero attached hydrogens (tertiary/aromatic N) is 2. The van der Waals surface area contributed by atoms with Gasteiger partial charge in [-0.1, -0.05) is 5.16 Å². The summed E-state index contributed by atoms with van der Waals surface area (Å²) in [6.45, 7) is 1.54. The number of nitrogens with one attached hydrogen (secondary N) is 1. The summed E-state index contributed by atoms with van der Waals surface area (Å²) in [5.74, 6) is 0.0229. The Labute approximate surface area is 109 Å². The molecular formula is C12H14N4OS. The Bertz CT molecular complexity index is 525. The lowest BCUT2D eigenvalue weighted by atomic mass is 10.2. The van der Waals surface area contributed by atoms with Crippen molar-refractivity contribution in [3.05, 3.63) is 52.0 Å². The van der Waals surface area contributed by atoms with Gasteiger partial charge in [0.05, 0.1) is 0 Å². The minimum atomic E-state index is 0.0229. The van der Waals surface area contributed by atoms with E-state index in [0.29, 0.717) is 12.2 Å². The number of hydrogen-bond acceptors (Lipinski definition) is 5. The van der Waals surface area contributed by atoms with Gasteiger partial charge in [0.15, 0.2) is 5.84 Å². The molecule has 0 amide bonds. The normalized spacial score (nSPS) is 11.7. The van der Waals surface area contributed by atoms with Crippen LogP contribution < -0.4 is 11.1 Å². The summed E-state index contributed by atoms with van der Waals surface area (Å²) in [6, 6.07) is 5.79. The van der Waals surface area contributed by atoms with Crippen LogP contribution in [0.5, 0.6) is 0 Å². The molecular weight excluding hydrogens is 248 g/mol. The van der Waals surface area contributed by atoms with E-state index in [1.165, 1.54) is 5.56 Å². The zero-order chi connectivity index (χ0) is 12.8. The molecule has 0 unspecified atom stereocenters. The molecule has 2 aromatic rings. The molecule has 18 heavy (non-hydrogen) atoms. The van der Waals surface area contributed by atoms with Crippen LogP contribution >= 0.6 is 11.3 Å². The lowest BCUT2D eigenvalue weighted by Gasteiger charge is -2.05. The number of rotatable bonds is 5. The van der Waals surface area contributed by atoms with E-state index in [-0.39, 0.29) is 5.84 Å². The molecule has 6 heteroatoms. The van der Waals surface area contributed by atoms with E-state index in [0.717, 1.165) is 12.1 Å². The Hall–Kier alpha value is -1.92. The first-order valence-corrected chi connectivity index (χ1v) is 6.38. The number of amidine groups is 1. The van der Waals surface area contributed by atoms with Crippen molar-refractivity contribution in [2.24, 2.45) is 10.9 Å². The number of aromatic nitrogens is 1. The van der Waals surface area contributed by atoms with E-state index in [1.807, 2.05) is 6.07 Å². The molecule has 2 heterocycles. The first-order chi connectivity index (χ1) is 8.79. The minimum absolute atomic E-state index is 0.0229. The third-order valence-electron chi connectivity index (χ3n) is 2.43. The van der Waals surface area contributed by atoms with Gasteiger partial charge >= 0.3 is 0 Å². The predicted molar refractivity (Wildman–Crippen MR) is 71.6 cm³/mol. The molecule has 5 nitrogen and oxygen atoms in total. The van der Waals surface area contributed by atoms with Gasteiger partial charge in [0.2, 0.25) is 0 Å². The number of thiophene rings is 1. The van der Waals surface area contributed by atoms with Crippen molar-refractivity contribution in [3.8, 4) is 0 Å².